The summed E-state index contributed by atoms with van der Waals surface area (Å²) in [5.41, 5.74) is 5.28. The second-order valence-electron chi connectivity index (χ2n) is 2.78. The first-order chi connectivity index (χ1) is 6.74. The minimum absolute atomic E-state index is 0.363. The van der Waals surface area contributed by atoms with Crippen LogP contribution in [-0.2, 0) is 0 Å². The van der Waals surface area contributed by atoms with E-state index in [2.05, 4.69) is 5.10 Å². The topological polar surface area (TPSA) is 53.1 Å². The van der Waals surface area contributed by atoms with E-state index in [1.165, 1.54) is 12.4 Å². The zero-order valence-corrected chi connectivity index (χ0v) is 7.70. The molecule has 0 aliphatic carbocycles. The van der Waals surface area contributed by atoms with Crippen molar-refractivity contribution < 1.29 is 13.5 Å². The summed E-state index contributed by atoms with van der Waals surface area (Å²) in [5, 5.41) is 3.43. The monoisotopic (exact) mass is 205 g/mol. The zero-order valence-electron chi connectivity index (χ0n) is 7.70. The number of ether oxygens (including phenoxy) is 1. The van der Waals surface area contributed by atoms with Crippen molar-refractivity contribution in [1.29, 1.82) is 0 Å². The highest BCUT2D eigenvalue weighted by Crippen LogP contribution is 2.14. The molecule has 0 amide bonds. The largest absolute Gasteiger partial charge is 0.490 e. The van der Waals surface area contributed by atoms with Gasteiger partial charge in [0.1, 0.15) is 0 Å². The summed E-state index contributed by atoms with van der Waals surface area (Å²) in [7, 11) is 0. The minimum atomic E-state index is -2.61. The summed E-state index contributed by atoms with van der Waals surface area (Å²) in [5.74, 6) is 0.363. The maximum absolute atomic E-state index is 12.1. The lowest BCUT2D eigenvalue weighted by Gasteiger charge is -2.01. The van der Waals surface area contributed by atoms with Crippen LogP contribution in [0, 0.1) is 0 Å². The summed E-state index contributed by atoms with van der Waals surface area (Å²) in [6.45, 7) is -1.53. The molecule has 1 heterocycles. The quantitative estimate of drug-likeness (QED) is 0.714. The standard InChI is InChI=1S/C8H13F2N3O/c9-8(10)13-6-7(5-12-13)14-4-2-1-3-11/h5-6,8H,1-4,11H2. The zero-order chi connectivity index (χ0) is 10.4. The first-order valence-corrected chi connectivity index (χ1v) is 4.39. The van der Waals surface area contributed by atoms with E-state index in [1.807, 2.05) is 0 Å². The summed E-state index contributed by atoms with van der Waals surface area (Å²) < 4.78 is 29.8. The Morgan fingerprint density at radius 2 is 2.29 bits per heavy atom. The van der Waals surface area contributed by atoms with E-state index in [1.54, 1.807) is 0 Å². The van der Waals surface area contributed by atoms with Gasteiger partial charge in [0, 0.05) is 0 Å². The molecule has 0 aliphatic rings. The van der Waals surface area contributed by atoms with Gasteiger partial charge in [-0.2, -0.15) is 13.9 Å². The Balaban J connectivity index is 2.29. The van der Waals surface area contributed by atoms with E-state index in [4.69, 9.17) is 10.5 Å². The molecule has 4 nitrogen and oxygen atoms in total. The van der Waals surface area contributed by atoms with Crippen LogP contribution < -0.4 is 10.5 Å². The third-order valence-corrected chi connectivity index (χ3v) is 1.64. The Hall–Kier alpha value is -1.17. The smallest absolute Gasteiger partial charge is 0.333 e. The normalized spacial score (nSPS) is 10.9. The molecule has 0 fully saturated rings. The van der Waals surface area contributed by atoms with Gasteiger partial charge < -0.3 is 10.5 Å². The van der Waals surface area contributed by atoms with Crippen molar-refractivity contribution in [1.82, 2.24) is 9.78 Å². The van der Waals surface area contributed by atoms with Gasteiger partial charge in [-0.05, 0) is 19.4 Å². The highest BCUT2D eigenvalue weighted by atomic mass is 19.3. The fraction of sp³-hybridized carbons (Fsp3) is 0.625. The molecule has 1 aromatic rings. The molecule has 1 rings (SSSR count). The molecule has 2 N–H and O–H groups in total. The molecule has 0 bridgehead atoms. The fourth-order valence-corrected chi connectivity index (χ4v) is 0.938. The van der Waals surface area contributed by atoms with Gasteiger partial charge in [-0.15, -0.1) is 0 Å². The summed E-state index contributed by atoms with van der Waals surface area (Å²) in [4.78, 5) is 0. The second kappa shape index (κ2) is 5.54. The van der Waals surface area contributed by atoms with Crippen molar-refractivity contribution in [3.8, 4) is 5.75 Å². The Bertz CT molecular complexity index is 265. The van der Waals surface area contributed by atoms with Crippen LogP contribution in [0.15, 0.2) is 12.4 Å². The van der Waals surface area contributed by atoms with E-state index >= 15 is 0 Å². The summed E-state index contributed by atoms with van der Waals surface area (Å²) >= 11 is 0. The minimum Gasteiger partial charge on any atom is -0.490 e. The molecule has 0 saturated heterocycles. The molecule has 6 heteroatoms. The van der Waals surface area contributed by atoms with Crippen LogP contribution in [0.25, 0.3) is 0 Å². The summed E-state index contributed by atoms with van der Waals surface area (Å²) in [6.07, 6.45) is 4.13. The fourth-order valence-electron chi connectivity index (χ4n) is 0.938. The van der Waals surface area contributed by atoms with Crippen molar-refractivity contribution in [2.75, 3.05) is 13.2 Å². The van der Waals surface area contributed by atoms with Crippen molar-refractivity contribution >= 4 is 0 Å². The van der Waals surface area contributed by atoms with Crippen molar-refractivity contribution in [3.63, 3.8) is 0 Å². The first kappa shape index (κ1) is 10.9. The van der Waals surface area contributed by atoms with Crippen molar-refractivity contribution in [3.05, 3.63) is 12.4 Å². The number of halogens is 2. The number of rotatable bonds is 6. The molecule has 0 radical (unpaired) electrons. The van der Waals surface area contributed by atoms with Gasteiger partial charge in [0.2, 0.25) is 0 Å². The third kappa shape index (κ3) is 3.29. The predicted octanol–water partition coefficient (Wildman–Crippen LogP) is 1.40. The molecule has 0 unspecified atom stereocenters. The Morgan fingerprint density at radius 1 is 1.50 bits per heavy atom. The lowest BCUT2D eigenvalue weighted by Crippen LogP contribution is -2.03. The SMILES string of the molecule is NCCCCOc1cnn(C(F)F)c1. The van der Waals surface area contributed by atoms with Gasteiger partial charge >= 0.3 is 6.55 Å². The highest BCUT2D eigenvalue weighted by Gasteiger charge is 2.07. The Kier molecular flexibility index (Phi) is 4.31. The van der Waals surface area contributed by atoms with Crippen LogP contribution in [0.4, 0.5) is 8.78 Å². The van der Waals surface area contributed by atoms with Crippen LogP contribution in [-0.4, -0.2) is 22.9 Å². The number of hydrogen-bond donors (Lipinski definition) is 1. The maximum atomic E-state index is 12.1. The molecular formula is C8H13F2N3O. The van der Waals surface area contributed by atoms with E-state index in [0.717, 1.165) is 12.8 Å². The highest BCUT2D eigenvalue weighted by molar-refractivity contribution is 5.11. The van der Waals surface area contributed by atoms with E-state index in [9.17, 15) is 8.78 Å². The van der Waals surface area contributed by atoms with Crippen molar-refractivity contribution in [2.45, 2.75) is 19.4 Å². The number of hydrogen-bond acceptors (Lipinski definition) is 3. The molecule has 0 aliphatic heterocycles. The number of unbranched alkanes of at least 4 members (excludes halogenated alkanes) is 1. The molecule has 80 valence electrons. The maximum Gasteiger partial charge on any atom is 0.333 e. The van der Waals surface area contributed by atoms with Crippen LogP contribution in [0.1, 0.15) is 19.4 Å². The number of alkyl halides is 2. The molecule has 1 aromatic heterocycles. The van der Waals surface area contributed by atoms with E-state index < -0.39 is 6.55 Å². The van der Waals surface area contributed by atoms with Gasteiger partial charge in [0.15, 0.2) is 5.75 Å². The number of nitrogens with two attached hydrogens (primary N) is 1. The molecule has 0 saturated carbocycles. The van der Waals surface area contributed by atoms with Gasteiger partial charge in [0.25, 0.3) is 0 Å². The van der Waals surface area contributed by atoms with E-state index in [0.29, 0.717) is 23.6 Å². The lowest BCUT2D eigenvalue weighted by molar-refractivity contribution is 0.0563. The van der Waals surface area contributed by atoms with Crippen LogP contribution in [0.3, 0.4) is 0 Å². The van der Waals surface area contributed by atoms with Crippen molar-refractivity contribution in [2.24, 2.45) is 5.73 Å². The average Bonchev–Trinajstić information content (AvgIpc) is 2.61. The van der Waals surface area contributed by atoms with Crippen LogP contribution >= 0.6 is 0 Å². The van der Waals surface area contributed by atoms with E-state index in [-0.39, 0.29) is 0 Å². The molecular weight excluding hydrogens is 192 g/mol. The van der Waals surface area contributed by atoms with Crippen LogP contribution in [0.5, 0.6) is 5.75 Å². The average molecular weight is 205 g/mol. The molecule has 0 atom stereocenters. The third-order valence-electron chi connectivity index (χ3n) is 1.64. The summed E-state index contributed by atoms with van der Waals surface area (Å²) in [6, 6.07) is 0. The van der Waals surface area contributed by atoms with Gasteiger partial charge in [-0.1, -0.05) is 0 Å². The second-order valence-corrected chi connectivity index (χ2v) is 2.78. The lowest BCUT2D eigenvalue weighted by atomic mass is 10.3. The molecule has 0 spiro atoms. The van der Waals surface area contributed by atoms with Gasteiger partial charge in [-0.3, -0.25) is 0 Å². The number of nitrogens with zero attached hydrogens (tertiary/aromatic N) is 2. The van der Waals surface area contributed by atoms with Gasteiger partial charge in [-0.25, -0.2) is 4.68 Å². The number of aromatic nitrogens is 2. The predicted molar refractivity (Wildman–Crippen MR) is 47.3 cm³/mol. The Labute approximate surface area is 80.6 Å². The Morgan fingerprint density at radius 3 is 2.86 bits per heavy atom. The van der Waals surface area contributed by atoms with Gasteiger partial charge in [0.05, 0.1) is 19.0 Å². The first-order valence-electron chi connectivity index (χ1n) is 4.39. The van der Waals surface area contributed by atoms with Crippen LogP contribution in [0.2, 0.25) is 0 Å². The molecule has 14 heavy (non-hydrogen) atoms. The molecule has 0 aromatic carbocycles.